The number of alkyl halides is 4. The summed E-state index contributed by atoms with van der Waals surface area (Å²) in [6, 6.07) is 9.93. The van der Waals surface area contributed by atoms with E-state index in [-0.39, 0.29) is 35.8 Å². The molecule has 1 fully saturated rings. The first kappa shape index (κ1) is 30.5. The number of ether oxygens (including phenoxy) is 2. The lowest BCUT2D eigenvalue weighted by Crippen LogP contribution is -2.47. The fourth-order valence-electron chi connectivity index (χ4n) is 4.77. The van der Waals surface area contributed by atoms with Crippen LogP contribution in [0.2, 0.25) is 0 Å². The van der Waals surface area contributed by atoms with Crippen LogP contribution in [0.3, 0.4) is 0 Å². The smallest absolute Gasteiger partial charge is 0.413 e. The Morgan fingerprint density at radius 1 is 1.17 bits per heavy atom. The molecule has 0 unspecified atom stereocenters. The summed E-state index contributed by atoms with van der Waals surface area (Å²) in [6.45, 7) is 2.21. The fourth-order valence-corrected chi connectivity index (χ4v) is 4.77. The minimum absolute atomic E-state index is 0.0224. The van der Waals surface area contributed by atoms with E-state index in [9.17, 15) is 27.2 Å². The molecule has 3 aromatic rings. The van der Waals surface area contributed by atoms with E-state index < -0.39 is 36.9 Å². The zero-order chi connectivity index (χ0) is 30.4. The van der Waals surface area contributed by atoms with Crippen molar-refractivity contribution in [3.8, 4) is 23.3 Å². The molecule has 1 saturated heterocycles. The second kappa shape index (κ2) is 13.0. The lowest BCUT2D eigenvalue weighted by Gasteiger charge is -2.35. The molecule has 0 spiro atoms. The molecule has 1 aromatic heterocycles. The second-order valence-corrected chi connectivity index (χ2v) is 9.69. The Balaban J connectivity index is 1.51. The van der Waals surface area contributed by atoms with Crippen molar-refractivity contribution in [2.75, 3.05) is 38.6 Å². The number of hydrogen-bond donors (Lipinski definition) is 3. The standard InChI is InChI=1S/C29H31F4N5O4/c1-3-37-13-11-23(21(30)16-37)36-22-7-4-8-24-20(22)15-19(38(24)17-29(31,32)33)6-5-12-35-28(40)42-25-10-9-18(27(34)39)14-26(25)41-2/h4,7-10,14-15,21,23,36H,3,11-13,16-17H2,1-2H3,(H2,34,39)(H,35,40)/t21-,23+/m0/s1. The number of primary amides is 1. The number of nitrogens with zero attached hydrogens (tertiary/aromatic N) is 2. The van der Waals surface area contributed by atoms with Crippen molar-refractivity contribution >= 4 is 28.6 Å². The molecule has 2 heterocycles. The van der Waals surface area contributed by atoms with Crippen LogP contribution in [-0.2, 0) is 6.54 Å². The number of carbonyl (C=O) groups excluding carboxylic acids is 2. The summed E-state index contributed by atoms with van der Waals surface area (Å²) in [5, 5.41) is 6.07. The zero-order valence-corrected chi connectivity index (χ0v) is 23.1. The number of halogens is 4. The largest absolute Gasteiger partial charge is 0.493 e. The van der Waals surface area contributed by atoms with Gasteiger partial charge in [-0.05, 0) is 55.3 Å². The van der Waals surface area contributed by atoms with E-state index in [0.29, 0.717) is 23.0 Å². The maximum Gasteiger partial charge on any atom is 0.413 e. The third-order valence-corrected chi connectivity index (χ3v) is 6.89. The van der Waals surface area contributed by atoms with Crippen LogP contribution in [0.15, 0.2) is 42.5 Å². The number of hydrogen-bond acceptors (Lipinski definition) is 6. The number of anilines is 1. The highest BCUT2D eigenvalue weighted by Gasteiger charge is 2.31. The molecule has 0 saturated carbocycles. The van der Waals surface area contributed by atoms with Crippen LogP contribution < -0.4 is 25.8 Å². The minimum atomic E-state index is -4.52. The van der Waals surface area contributed by atoms with E-state index in [1.54, 1.807) is 18.2 Å². The first-order chi connectivity index (χ1) is 20.0. The molecule has 4 rings (SSSR count). The molecule has 1 aliphatic rings. The number of aromatic nitrogens is 1. The van der Waals surface area contributed by atoms with Crippen LogP contribution in [0.4, 0.5) is 28.0 Å². The van der Waals surface area contributed by atoms with E-state index in [1.165, 1.54) is 31.4 Å². The Labute approximate surface area is 239 Å². The molecule has 9 nitrogen and oxygen atoms in total. The number of nitrogens with two attached hydrogens (primary N) is 1. The van der Waals surface area contributed by atoms with Gasteiger partial charge < -0.3 is 35.3 Å². The molecule has 0 bridgehead atoms. The Morgan fingerprint density at radius 3 is 2.62 bits per heavy atom. The topological polar surface area (TPSA) is 111 Å². The van der Waals surface area contributed by atoms with Crippen molar-refractivity contribution in [2.24, 2.45) is 5.73 Å². The molecule has 2 atom stereocenters. The zero-order valence-electron chi connectivity index (χ0n) is 23.1. The first-order valence-electron chi connectivity index (χ1n) is 13.2. The number of amides is 2. The van der Waals surface area contributed by atoms with Gasteiger partial charge in [-0.1, -0.05) is 18.9 Å². The summed E-state index contributed by atoms with van der Waals surface area (Å²) in [6.07, 6.45) is -5.98. The van der Waals surface area contributed by atoms with Gasteiger partial charge in [0.1, 0.15) is 12.7 Å². The van der Waals surface area contributed by atoms with Crippen LogP contribution in [0.5, 0.6) is 11.5 Å². The molecular formula is C29H31F4N5O4. The predicted molar refractivity (Wildman–Crippen MR) is 149 cm³/mol. The highest BCUT2D eigenvalue weighted by Crippen LogP contribution is 2.32. The van der Waals surface area contributed by atoms with Gasteiger partial charge in [-0.25, -0.2) is 9.18 Å². The summed E-state index contributed by atoms with van der Waals surface area (Å²) >= 11 is 0. The molecule has 0 radical (unpaired) electrons. The van der Waals surface area contributed by atoms with E-state index in [1.807, 2.05) is 11.8 Å². The molecule has 13 heteroatoms. The van der Waals surface area contributed by atoms with E-state index in [0.717, 1.165) is 17.7 Å². The fraction of sp³-hybridized carbons (Fsp3) is 0.379. The highest BCUT2D eigenvalue weighted by atomic mass is 19.4. The van der Waals surface area contributed by atoms with Crippen LogP contribution >= 0.6 is 0 Å². The van der Waals surface area contributed by atoms with E-state index >= 15 is 0 Å². The number of likely N-dealkylation sites (tertiary alicyclic amines) is 1. The summed E-state index contributed by atoms with van der Waals surface area (Å²) in [5.41, 5.74) is 6.29. The van der Waals surface area contributed by atoms with Crippen LogP contribution in [-0.4, -0.2) is 73.1 Å². The van der Waals surface area contributed by atoms with Crippen LogP contribution in [0.25, 0.3) is 10.9 Å². The van der Waals surface area contributed by atoms with Crippen molar-refractivity contribution in [3.05, 3.63) is 53.7 Å². The van der Waals surface area contributed by atoms with Gasteiger partial charge in [0.25, 0.3) is 0 Å². The Bertz CT molecular complexity index is 1510. The van der Waals surface area contributed by atoms with Crippen molar-refractivity contribution < 1.29 is 36.6 Å². The highest BCUT2D eigenvalue weighted by molar-refractivity contribution is 5.94. The van der Waals surface area contributed by atoms with Crippen LogP contribution in [0, 0.1) is 11.8 Å². The van der Waals surface area contributed by atoms with E-state index in [2.05, 4.69) is 22.5 Å². The average molecular weight is 590 g/mol. The molecule has 2 amide bonds. The third-order valence-electron chi connectivity index (χ3n) is 6.89. The normalized spacial score (nSPS) is 17.3. The quantitative estimate of drug-likeness (QED) is 0.267. The third kappa shape index (κ3) is 7.44. The van der Waals surface area contributed by atoms with Gasteiger partial charge in [0.15, 0.2) is 11.5 Å². The number of nitrogens with one attached hydrogen (secondary N) is 2. The summed E-state index contributed by atoms with van der Waals surface area (Å²) < 4.78 is 66.7. The lowest BCUT2D eigenvalue weighted by molar-refractivity contribution is -0.140. The van der Waals surface area contributed by atoms with Gasteiger partial charge in [-0.2, -0.15) is 13.2 Å². The molecule has 4 N–H and O–H groups in total. The number of methoxy groups -OCH3 is 1. The Kier molecular flexibility index (Phi) is 9.47. The van der Waals surface area contributed by atoms with Gasteiger partial charge in [0.05, 0.1) is 30.9 Å². The van der Waals surface area contributed by atoms with Gasteiger partial charge in [-0.3, -0.25) is 4.79 Å². The van der Waals surface area contributed by atoms with Crippen molar-refractivity contribution in [2.45, 2.75) is 38.3 Å². The SMILES string of the molecule is CCN1CC[C@@H](Nc2cccc3c2cc(C#CCNC(=O)Oc2ccc(C(N)=O)cc2OC)n3CC(F)(F)F)[C@@H](F)C1. The molecule has 224 valence electrons. The van der Waals surface area contributed by atoms with Gasteiger partial charge in [0, 0.05) is 29.7 Å². The molecular weight excluding hydrogens is 558 g/mol. The Morgan fingerprint density at radius 2 is 1.95 bits per heavy atom. The van der Waals surface area contributed by atoms with Crippen molar-refractivity contribution in [3.63, 3.8) is 0 Å². The average Bonchev–Trinajstić information content (AvgIpc) is 3.28. The van der Waals surface area contributed by atoms with E-state index in [4.69, 9.17) is 15.2 Å². The number of piperidine rings is 1. The maximum absolute atomic E-state index is 14.8. The summed E-state index contributed by atoms with van der Waals surface area (Å²) in [4.78, 5) is 25.6. The monoisotopic (exact) mass is 589 g/mol. The summed E-state index contributed by atoms with van der Waals surface area (Å²) in [5.74, 6) is 4.78. The Hall–Kier alpha value is -4.44. The molecule has 2 aromatic carbocycles. The molecule has 42 heavy (non-hydrogen) atoms. The predicted octanol–water partition coefficient (Wildman–Crippen LogP) is 4.30. The van der Waals surface area contributed by atoms with Gasteiger partial charge >= 0.3 is 12.3 Å². The first-order valence-corrected chi connectivity index (χ1v) is 13.2. The molecule has 1 aliphatic heterocycles. The van der Waals surface area contributed by atoms with Crippen LogP contribution in [0.1, 0.15) is 29.4 Å². The van der Waals surface area contributed by atoms with Gasteiger partial charge in [0.2, 0.25) is 5.91 Å². The number of carbonyl (C=O) groups is 2. The lowest BCUT2D eigenvalue weighted by atomic mass is 10.0. The second-order valence-electron chi connectivity index (χ2n) is 9.69. The van der Waals surface area contributed by atoms with Crippen molar-refractivity contribution in [1.29, 1.82) is 0 Å². The van der Waals surface area contributed by atoms with Gasteiger partial charge in [-0.15, -0.1) is 0 Å². The minimum Gasteiger partial charge on any atom is -0.493 e. The summed E-state index contributed by atoms with van der Waals surface area (Å²) in [7, 11) is 1.32. The molecule has 0 aliphatic carbocycles. The number of fused-ring (bicyclic) bond motifs is 1. The number of rotatable bonds is 8. The maximum atomic E-state index is 14.8. The number of benzene rings is 2. The van der Waals surface area contributed by atoms with Crippen molar-refractivity contribution in [1.82, 2.24) is 14.8 Å².